The maximum absolute atomic E-state index is 12.8. The molecule has 23 heavy (non-hydrogen) atoms. The summed E-state index contributed by atoms with van der Waals surface area (Å²) in [5.41, 5.74) is 0. The molecule has 1 fully saturated rings. The summed E-state index contributed by atoms with van der Waals surface area (Å²) in [4.78, 5) is 26.2. The molecule has 0 aliphatic heterocycles. The van der Waals surface area contributed by atoms with Crippen molar-refractivity contribution in [3.05, 3.63) is 0 Å². The van der Waals surface area contributed by atoms with Crippen molar-refractivity contribution in [3.63, 3.8) is 0 Å². The molecular weight excluding hydrogens is 290 g/mol. The van der Waals surface area contributed by atoms with Crippen LogP contribution in [0.5, 0.6) is 0 Å². The molecule has 0 unspecified atom stereocenters. The molecule has 0 bridgehead atoms. The van der Waals surface area contributed by atoms with Crippen molar-refractivity contribution in [1.82, 2.24) is 4.90 Å². The van der Waals surface area contributed by atoms with Crippen molar-refractivity contribution in [2.24, 2.45) is 11.8 Å². The van der Waals surface area contributed by atoms with Gasteiger partial charge in [0.05, 0.1) is 13.0 Å². The maximum atomic E-state index is 12.8. The number of amides is 1. The Morgan fingerprint density at radius 3 is 2.26 bits per heavy atom. The number of rotatable bonds is 10. The van der Waals surface area contributed by atoms with Gasteiger partial charge in [-0.05, 0) is 44.9 Å². The number of hydrogen-bond donors (Lipinski definition) is 0. The molecule has 1 aliphatic carbocycles. The molecule has 1 aliphatic rings. The topological polar surface area (TPSA) is 46.6 Å². The third-order valence-corrected chi connectivity index (χ3v) is 4.86. The van der Waals surface area contributed by atoms with Gasteiger partial charge in [-0.1, -0.05) is 33.1 Å². The molecule has 0 saturated heterocycles. The van der Waals surface area contributed by atoms with Gasteiger partial charge >= 0.3 is 5.97 Å². The summed E-state index contributed by atoms with van der Waals surface area (Å²) in [7, 11) is 0. The maximum Gasteiger partial charge on any atom is 0.307 e. The lowest BCUT2D eigenvalue weighted by atomic mass is 9.79. The number of unbranched alkanes of at least 4 members (excludes halogenated alkanes) is 1. The van der Waals surface area contributed by atoms with Crippen LogP contribution in [0.3, 0.4) is 0 Å². The molecule has 0 aromatic carbocycles. The van der Waals surface area contributed by atoms with Gasteiger partial charge in [-0.25, -0.2) is 0 Å². The molecule has 0 atom stereocenters. The highest BCUT2D eigenvalue weighted by atomic mass is 16.5. The van der Waals surface area contributed by atoms with Gasteiger partial charge in [0.25, 0.3) is 0 Å². The fraction of sp³-hybridized carbons (Fsp3) is 0.895. The van der Waals surface area contributed by atoms with E-state index in [-0.39, 0.29) is 17.8 Å². The molecule has 0 radical (unpaired) electrons. The first-order valence-electron chi connectivity index (χ1n) is 9.56. The van der Waals surface area contributed by atoms with Crippen molar-refractivity contribution in [1.29, 1.82) is 0 Å². The summed E-state index contributed by atoms with van der Waals surface area (Å²) in [6, 6.07) is 0. The van der Waals surface area contributed by atoms with E-state index >= 15 is 0 Å². The van der Waals surface area contributed by atoms with Gasteiger partial charge in [-0.15, -0.1) is 0 Å². The molecule has 134 valence electrons. The summed E-state index contributed by atoms with van der Waals surface area (Å²) in [5, 5.41) is 0. The van der Waals surface area contributed by atoms with Crippen LogP contribution in [0.2, 0.25) is 0 Å². The summed E-state index contributed by atoms with van der Waals surface area (Å²) >= 11 is 0. The van der Waals surface area contributed by atoms with E-state index in [2.05, 4.69) is 13.8 Å². The largest absolute Gasteiger partial charge is 0.466 e. The van der Waals surface area contributed by atoms with Gasteiger partial charge in [-0.3, -0.25) is 9.59 Å². The Kier molecular flexibility index (Phi) is 9.97. The highest BCUT2D eigenvalue weighted by Gasteiger charge is 2.29. The SMILES string of the molecule is CCCCC1CCC(C(=O)N(CCC)CCC(=O)OCC)CC1. The predicted octanol–water partition coefficient (Wildman–Crippen LogP) is 4.17. The molecule has 0 aromatic rings. The Bertz CT molecular complexity index is 349. The monoisotopic (exact) mass is 325 g/mol. The third kappa shape index (κ3) is 7.36. The molecule has 0 aromatic heterocycles. The zero-order valence-corrected chi connectivity index (χ0v) is 15.3. The number of carbonyl (C=O) groups excluding carboxylic acids is 2. The van der Waals surface area contributed by atoms with E-state index < -0.39 is 0 Å². The number of hydrogen-bond acceptors (Lipinski definition) is 3. The first kappa shape index (κ1) is 20.0. The van der Waals surface area contributed by atoms with Crippen LogP contribution in [-0.4, -0.2) is 36.5 Å². The molecule has 1 amide bonds. The summed E-state index contributed by atoms with van der Waals surface area (Å²) < 4.78 is 4.97. The number of esters is 1. The predicted molar refractivity (Wildman–Crippen MR) is 93.1 cm³/mol. The van der Waals surface area contributed by atoms with E-state index in [9.17, 15) is 9.59 Å². The second-order valence-electron chi connectivity index (χ2n) is 6.74. The minimum atomic E-state index is -0.204. The van der Waals surface area contributed by atoms with E-state index in [1.165, 1.54) is 32.1 Å². The van der Waals surface area contributed by atoms with Crippen LogP contribution in [0.4, 0.5) is 0 Å². The van der Waals surface area contributed by atoms with Crippen molar-refractivity contribution in [3.8, 4) is 0 Å². The number of nitrogens with zero attached hydrogens (tertiary/aromatic N) is 1. The molecule has 0 heterocycles. The van der Waals surface area contributed by atoms with E-state index in [1.54, 1.807) is 0 Å². The highest BCUT2D eigenvalue weighted by molar-refractivity contribution is 5.79. The van der Waals surface area contributed by atoms with Crippen LogP contribution in [0, 0.1) is 11.8 Å². The Hall–Kier alpha value is -1.06. The Balaban J connectivity index is 2.43. The fourth-order valence-corrected chi connectivity index (χ4v) is 3.51. The van der Waals surface area contributed by atoms with Crippen molar-refractivity contribution in [2.75, 3.05) is 19.7 Å². The summed E-state index contributed by atoms with van der Waals surface area (Å²) in [6.07, 6.45) is 9.55. The number of ether oxygens (including phenoxy) is 1. The number of carbonyl (C=O) groups is 2. The van der Waals surface area contributed by atoms with Crippen molar-refractivity contribution in [2.45, 2.75) is 78.6 Å². The molecule has 1 rings (SSSR count). The van der Waals surface area contributed by atoms with Crippen LogP contribution in [0.25, 0.3) is 0 Å². The van der Waals surface area contributed by atoms with E-state index in [0.29, 0.717) is 19.6 Å². The molecule has 0 N–H and O–H groups in total. The van der Waals surface area contributed by atoms with Gasteiger partial charge in [0.1, 0.15) is 0 Å². The van der Waals surface area contributed by atoms with Gasteiger partial charge in [-0.2, -0.15) is 0 Å². The average molecular weight is 325 g/mol. The molecule has 1 saturated carbocycles. The van der Waals surface area contributed by atoms with E-state index in [0.717, 1.165) is 31.7 Å². The van der Waals surface area contributed by atoms with Crippen molar-refractivity contribution >= 4 is 11.9 Å². The van der Waals surface area contributed by atoms with Gasteiger partial charge in [0.2, 0.25) is 5.91 Å². The quantitative estimate of drug-likeness (QED) is 0.566. The second-order valence-corrected chi connectivity index (χ2v) is 6.74. The van der Waals surface area contributed by atoms with Crippen LogP contribution < -0.4 is 0 Å². The Labute approximate surface area is 141 Å². The van der Waals surface area contributed by atoms with Gasteiger partial charge < -0.3 is 9.64 Å². The fourth-order valence-electron chi connectivity index (χ4n) is 3.51. The normalized spacial score (nSPS) is 21.0. The van der Waals surface area contributed by atoms with Gasteiger partial charge in [0, 0.05) is 19.0 Å². The smallest absolute Gasteiger partial charge is 0.307 e. The van der Waals surface area contributed by atoms with Crippen molar-refractivity contribution < 1.29 is 14.3 Å². The lowest BCUT2D eigenvalue weighted by molar-refractivity contribution is -0.144. The summed E-state index contributed by atoms with van der Waals surface area (Å²) in [6.45, 7) is 7.77. The lowest BCUT2D eigenvalue weighted by Gasteiger charge is -2.32. The molecular formula is C19H35NO3. The van der Waals surface area contributed by atoms with Gasteiger partial charge in [0.15, 0.2) is 0 Å². The molecule has 4 nitrogen and oxygen atoms in total. The van der Waals surface area contributed by atoms with Crippen LogP contribution >= 0.6 is 0 Å². The Morgan fingerprint density at radius 1 is 1.00 bits per heavy atom. The first-order valence-corrected chi connectivity index (χ1v) is 9.56. The van der Waals surface area contributed by atoms with E-state index in [4.69, 9.17) is 4.74 Å². The minimum Gasteiger partial charge on any atom is -0.466 e. The Morgan fingerprint density at radius 2 is 1.70 bits per heavy atom. The lowest BCUT2D eigenvalue weighted by Crippen LogP contribution is -2.39. The first-order chi connectivity index (χ1) is 11.1. The zero-order valence-electron chi connectivity index (χ0n) is 15.3. The highest BCUT2D eigenvalue weighted by Crippen LogP contribution is 2.33. The van der Waals surface area contributed by atoms with Crippen LogP contribution in [0.15, 0.2) is 0 Å². The summed E-state index contributed by atoms with van der Waals surface area (Å²) in [5.74, 6) is 1.04. The van der Waals surface area contributed by atoms with E-state index in [1.807, 2.05) is 11.8 Å². The molecule has 0 spiro atoms. The standard InChI is InChI=1S/C19H35NO3/c1-4-7-8-16-9-11-17(12-10-16)19(22)20(14-5-2)15-13-18(21)23-6-3/h16-17H,4-15H2,1-3H3. The zero-order chi connectivity index (χ0) is 17.1. The van der Waals surface area contributed by atoms with Crippen LogP contribution in [0.1, 0.15) is 78.6 Å². The third-order valence-electron chi connectivity index (χ3n) is 4.86. The second kappa shape index (κ2) is 11.5. The van der Waals surface area contributed by atoms with Crippen LogP contribution in [-0.2, 0) is 14.3 Å². The average Bonchev–Trinajstić information content (AvgIpc) is 2.57. The molecule has 4 heteroatoms. The minimum absolute atomic E-state index is 0.168.